The van der Waals surface area contributed by atoms with Crippen molar-refractivity contribution in [3.8, 4) is 0 Å². The highest BCUT2D eigenvalue weighted by Gasteiger charge is 2.25. The molecule has 0 heterocycles. The summed E-state index contributed by atoms with van der Waals surface area (Å²) in [5.74, 6) is 0.665. The standard InChI is InChI=1S/C14H29N3O/c1-16(2)9-6-10-17(3)14(18)11-12-7-4-5-8-13(12)15/h12-13H,4-11,15H2,1-3H3. The first-order chi connectivity index (χ1) is 8.50. The van der Waals surface area contributed by atoms with Gasteiger partial charge in [-0.2, -0.15) is 0 Å². The predicted octanol–water partition coefficient (Wildman–Crippen LogP) is 1.30. The van der Waals surface area contributed by atoms with Gasteiger partial charge in [-0.25, -0.2) is 0 Å². The molecule has 1 amide bonds. The summed E-state index contributed by atoms with van der Waals surface area (Å²) in [6.07, 6.45) is 6.34. The van der Waals surface area contributed by atoms with Crippen molar-refractivity contribution in [2.75, 3.05) is 34.2 Å². The van der Waals surface area contributed by atoms with Crippen LogP contribution in [0.2, 0.25) is 0 Å². The first-order valence-electron chi connectivity index (χ1n) is 7.15. The van der Waals surface area contributed by atoms with Gasteiger partial charge in [-0.3, -0.25) is 4.79 Å². The van der Waals surface area contributed by atoms with Crippen LogP contribution < -0.4 is 5.73 Å². The summed E-state index contributed by atoms with van der Waals surface area (Å²) < 4.78 is 0. The Morgan fingerprint density at radius 1 is 1.17 bits per heavy atom. The lowest BCUT2D eigenvalue weighted by molar-refractivity contribution is -0.131. The maximum Gasteiger partial charge on any atom is 0.222 e. The average Bonchev–Trinajstić information content (AvgIpc) is 2.31. The van der Waals surface area contributed by atoms with Gasteiger partial charge in [-0.05, 0) is 45.8 Å². The topological polar surface area (TPSA) is 49.6 Å². The number of nitrogens with two attached hydrogens (primary N) is 1. The van der Waals surface area contributed by atoms with Gasteiger partial charge in [0.25, 0.3) is 0 Å². The highest BCUT2D eigenvalue weighted by molar-refractivity contribution is 5.76. The lowest BCUT2D eigenvalue weighted by atomic mass is 9.83. The SMILES string of the molecule is CN(C)CCCN(C)C(=O)CC1CCCCC1N. The second kappa shape index (κ2) is 7.74. The number of hydrogen-bond acceptors (Lipinski definition) is 3. The number of nitrogens with zero attached hydrogens (tertiary/aromatic N) is 2. The van der Waals surface area contributed by atoms with Crippen LogP contribution in [0.1, 0.15) is 38.5 Å². The summed E-state index contributed by atoms with van der Waals surface area (Å²) >= 11 is 0. The minimum Gasteiger partial charge on any atom is -0.346 e. The molecule has 0 aromatic carbocycles. The van der Waals surface area contributed by atoms with Crippen LogP contribution >= 0.6 is 0 Å². The summed E-state index contributed by atoms with van der Waals surface area (Å²) in [6, 6.07) is 0.234. The fourth-order valence-corrected chi connectivity index (χ4v) is 2.62. The van der Waals surface area contributed by atoms with Gasteiger partial charge < -0.3 is 15.5 Å². The normalized spacial score (nSPS) is 24.3. The molecule has 0 radical (unpaired) electrons. The molecule has 1 fully saturated rings. The van der Waals surface area contributed by atoms with Gasteiger partial charge in [0.1, 0.15) is 0 Å². The molecule has 0 saturated heterocycles. The van der Waals surface area contributed by atoms with Gasteiger partial charge in [-0.1, -0.05) is 12.8 Å². The third-order valence-electron chi connectivity index (χ3n) is 3.93. The molecule has 2 atom stereocenters. The molecule has 0 aliphatic heterocycles. The molecular weight excluding hydrogens is 226 g/mol. The molecule has 2 unspecified atom stereocenters. The van der Waals surface area contributed by atoms with Crippen LogP contribution in [-0.2, 0) is 4.79 Å². The summed E-state index contributed by atoms with van der Waals surface area (Å²) in [5, 5.41) is 0. The van der Waals surface area contributed by atoms with Crippen molar-refractivity contribution >= 4 is 5.91 Å². The Labute approximate surface area is 111 Å². The Kier molecular flexibility index (Phi) is 6.65. The van der Waals surface area contributed by atoms with Crippen molar-refractivity contribution in [3.63, 3.8) is 0 Å². The van der Waals surface area contributed by atoms with Crippen molar-refractivity contribution in [2.24, 2.45) is 11.7 Å². The zero-order valence-corrected chi connectivity index (χ0v) is 12.2. The van der Waals surface area contributed by atoms with Gasteiger partial charge in [0.05, 0.1) is 0 Å². The molecular formula is C14H29N3O. The molecule has 0 spiro atoms. The molecule has 0 aromatic heterocycles. The molecule has 106 valence electrons. The van der Waals surface area contributed by atoms with E-state index in [-0.39, 0.29) is 11.9 Å². The van der Waals surface area contributed by atoms with Crippen LogP contribution in [0.4, 0.5) is 0 Å². The van der Waals surface area contributed by atoms with E-state index in [0.29, 0.717) is 12.3 Å². The lowest BCUT2D eigenvalue weighted by Gasteiger charge is -2.29. The largest absolute Gasteiger partial charge is 0.346 e. The maximum absolute atomic E-state index is 12.1. The van der Waals surface area contributed by atoms with Crippen molar-refractivity contribution in [1.82, 2.24) is 9.80 Å². The Morgan fingerprint density at radius 3 is 2.44 bits per heavy atom. The van der Waals surface area contributed by atoms with E-state index in [9.17, 15) is 4.79 Å². The number of hydrogen-bond donors (Lipinski definition) is 1. The van der Waals surface area contributed by atoms with Crippen molar-refractivity contribution < 1.29 is 4.79 Å². The zero-order valence-electron chi connectivity index (χ0n) is 12.2. The Hall–Kier alpha value is -0.610. The van der Waals surface area contributed by atoms with E-state index in [1.807, 2.05) is 11.9 Å². The second-order valence-corrected chi connectivity index (χ2v) is 5.88. The van der Waals surface area contributed by atoms with Crippen molar-refractivity contribution in [1.29, 1.82) is 0 Å². The molecule has 1 aliphatic carbocycles. The maximum atomic E-state index is 12.1. The van der Waals surface area contributed by atoms with Crippen LogP contribution in [0.15, 0.2) is 0 Å². The number of rotatable bonds is 6. The van der Waals surface area contributed by atoms with Gasteiger partial charge in [0, 0.05) is 26.1 Å². The van der Waals surface area contributed by atoms with Crippen LogP contribution in [0, 0.1) is 5.92 Å². The van der Waals surface area contributed by atoms with Crippen molar-refractivity contribution in [2.45, 2.75) is 44.6 Å². The molecule has 4 nitrogen and oxygen atoms in total. The summed E-state index contributed by atoms with van der Waals surface area (Å²) in [7, 11) is 6.03. The van der Waals surface area contributed by atoms with E-state index in [1.54, 1.807) is 0 Å². The first kappa shape index (κ1) is 15.4. The van der Waals surface area contributed by atoms with Crippen molar-refractivity contribution in [3.05, 3.63) is 0 Å². The molecule has 2 N–H and O–H groups in total. The van der Waals surface area contributed by atoms with E-state index in [0.717, 1.165) is 32.4 Å². The molecule has 18 heavy (non-hydrogen) atoms. The number of carbonyl (C=O) groups is 1. The third kappa shape index (κ3) is 5.36. The Balaban J connectivity index is 2.26. The molecule has 1 rings (SSSR count). The predicted molar refractivity (Wildman–Crippen MR) is 75.4 cm³/mol. The van der Waals surface area contributed by atoms with Gasteiger partial charge in [0.2, 0.25) is 5.91 Å². The minimum absolute atomic E-state index is 0.234. The van der Waals surface area contributed by atoms with Crippen LogP contribution in [-0.4, -0.2) is 56.0 Å². The van der Waals surface area contributed by atoms with E-state index >= 15 is 0 Å². The van der Waals surface area contributed by atoms with Crippen LogP contribution in [0.3, 0.4) is 0 Å². The van der Waals surface area contributed by atoms with Gasteiger partial charge >= 0.3 is 0 Å². The minimum atomic E-state index is 0.234. The van der Waals surface area contributed by atoms with E-state index < -0.39 is 0 Å². The van der Waals surface area contributed by atoms with E-state index in [1.165, 1.54) is 12.8 Å². The van der Waals surface area contributed by atoms with Crippen LogP contribution in [0.5, 0.6) is 0 Å². The van der Waals surface area contributed by atoms with Gasteiger partial charge in [0.15, 0.2) is 0 Å². The molecule has 1 aliphatic rings. The fraction of sp³-hybridized carbons (Fsp3) is 0.929. The molecule has 4 heteroatoms. The first-order valence-corrected chi connectivity index (χ1v) is 7.15. The third-order valence-corrected chi connectivity index (χ3v) is 3.93. The fourth-order valence-electron chi connectivity index (χ4n) is 2.62. The number of carbonyl (C=O) groups excluding carboxylic acids is 1. The molecule has 1 saturated carbocycles. The Bertz CT molecular complexity index is 255. The monoisotopic (exact) mass is 255 g/mol. The molecule has 0 bridgehead atoms. The highest BCUT2D eigenvalue weighted by atomic mass is 16.2. The van der Waals surface area contributed by atoms with Gasteiger partial charge in [-0.15, -0.1) is 0 Å². The molecule has 0 aromatic rings. The summed E-state index contributed by atoms with van der Waals surface area (Å²) in [4.78, 5) is 16.1. The van der Waals surface area contributed by atoms with Crippen LogP contribution in [0.25, 0.3) is 0 Å². The zero-order chi connectivity index (χ0) is 13.5. The second-order valence-electron chi connectivity index (χ2n) is 5.88. The van der Waals surface area contributed by atoms with E-state index in [2.05, 4.69) is 19.0 Å². The number of amides is 1. The quantitative estimate of drug-likeness (QED) is 0.778. The summed E-state index contributed by atoms with van der Waals surface area (Å²) in [5.41, 5.74) is 6.09. The highest BCUT2D eigenvalue weighted by Crippen LogP contribution is 2.26. The average molecular weight is 255 g/mol. The Morgan fingerprint density at radius 2 is 1.83 bits per heavy atom. The lowest BCUT2D eigenvalue weighted by Crippen LogP contribution is -2.38. The van der Waals surface area contributed by atoms with E-state index in [4.69, 9.17) is 5.73 Å². The summed E-state index contributed by atoms with van der Waals surface area (Å²) in [6.45, 7) is 1.87. The smallest absolute Gasteiger partial charge is 0.222 e.